The smallest absolute Gasteiger partial charge is 0.228 e. The van der Waals surface area contributed by atoms with Crippen molar-refractivity contribution in [1.29, 1.82) is 0 Å². The van der Waals surface area contributed by atoms with E-state index in [1.807, 2.05) is 54.6 Å². The number of amides is 1. The van der Waals surface area contributed by atoms with Gasteiger partial charge in [0.05, 0.1) is 5.92 Å². The lowest BCUT2D eigenvalue weighted by atomic mass is 9.82. The molecule has 2 aromatic rings. The quantitative estimate of drug-likeness (QED) is 0.881. The summed E-state index contributed by atoms with van der Waals surface area (Å²) in [5, 5.41) is 16.4. The van der Waals surface area contributed by atoms with Crippen molar-refractivity contribution in [3.8, 4) is 0 Å². The Morgan fingerprint density at radius 2 is 1.65 bits per heavy atom. The number of nitrogens with one attached hydrogen (secondary N) is 1. The van der Waals surface area contributed by atoms with Crippen molar-refractivity contribution in [3.05, 3.63) is 54.6 Å². The van der Waals surface area contributed by atoms with Crippen LogP contribution >= 0.6 is 0 Å². The third-order valence-corrected chi connectivity index (χ3v) is 5.05. The van der Waals surface area contributed by atoms with E-state index >= 15 is 0 Å². The predicted molar refractivity (Wildman–Crippen MR) is 85.3 cm³/mol. The second-order valence-corrected chi connectivity index (χ2v) is 6.37. The first-order chi connectivity index (χ1) is 11.1. The van der Waals surface area contributed by atoms with Gasteiger partial charge in [-0.2, -0.15) is 0 Å². The van der Waals surface area contributed by atoms with Crippen molar-refractivity contribution in [3.63, 3.8) is 0 Å². The van der Waals surface area contributed by atoms with Gasteiger partial charge in [0, 0.05) is 17.6 Å². The van der Waals surface area contributed by atoms with Crippen LogP contribution in [0.4, 0.5) is 5.69 Å². The van der Waals surface area contributed by atoms with E-state index in [0.29, 0.717) is 5.69 Å². The summed E-state index contributed by atoms with van der Waals surface area (Å²) in [6.07, 6.45) is 4.61. The van der Waals surface area contributed by atoms with Crippen molar-refractivity contribution in [2.24, 2.45) is 23.7 Å². The Hall–Kier alpha value is -2.62. The average Bonchev–Trinajstić information content (AvgIpc) is 3.15. The Labute approximate surface area is 133 Å². The molecule has 2 aliphatic rings. The Balaban J connectivity index is 1.59. The molecule has 0 heterocycles. The van der Waals surface area contributed by atoms with Crippen molar-refractivity contribution in [2.45, 2.75) is 6.42 Å². The van der Waals surface area contributed by atoms with Gasteiger partial charge in [-0.3, -0.25) is 4.79 Å². The van der Waals surface area contributed by atoms with Crippen LogP contribution < -0.4 is 10.4 Å². The second kappa shape index (κ2) is 5.23. The van der Waals surface area contributed by atoms with Gasteiger partial charge in [-0.1, -0.05) is 42.5 Å². The third-order valence-electron chi connectivity index (χ3n) is 5.05. The van der Waals surface area contributed by atoms with Crippen LogP contribution in [0.5, 0.6) is 0 Å². The molecule has 0 aliphatic heterocycles. The van der Waals surface area contributed by atoms with Gasteiger partial charge in [0.25, 0.3) is 0 Å². The zero-order valence-corrected chi connectivity index (χ0v) is 12.4. The number of allylic oxidation sites excluding steroid dienone is 2. The minimum Gasteiger partial charge on any atom is -0.550 e. The molecular weight excluding hydrogens is 290 g/mol. The maximum Gasteiger partial charge on any atom is 0.228 e. The molecule has 0 unspecified atom stereocenters. The lowest BCUT2D eigenvalue weighted by molar-refractivity contribution is -0.313. The molecule has 0 spiro atoms. The number of anilines is 1. The minimum absolute atomic E-state index is 0.00311. The minimum atomic E-state index is -1.12. The number of fused-ring (bicyclic) bond motifs is 3. The number of benzene rings is 2. The molecule has 1 N–H and O–H groups in total. The normalized spacial score (nSPS) is 28.2. The summed E-state index contributed by atoms with van der Waals surface area (Å²) >= 11 is 0. The molecule has 4 heteroatoms. The first-order valence-electron chi connectivity index (χ1n) is 7.82. The average molecular weight is 306 g/mol. The zero-order valence-electron chi connectivity index (χ0n) is 12.4. The van der Waals surface area contributed by atoms with E-state index < -0.39 is 17.8 Å². The number of carboxylic acids is 1. The molecular formula is C19H16NO3-. The molecule has 0 aromatic heterocycles. The van der Waals surface area contributed by atoms with Gasteiger partial charge < -0.3 is 15.2 Å². The van der Waals surface area contributed by atoms with Gasteiger partial charge in [0.15, 0.2) is 0 Å². The molecule has 4 rings (SSSR count). The Bertz CT molecular complexity index is 826. The number of carboxylic acid groups (broad SMARTS) is 1. The van der Waals surface area contributed by atoms with Crippen LogP contribution in [0, 0.1) is 23.7 Å². The second-order valence-electron chi connectivity index (χ2n) is 6.37. The van der Waals surface area contributed by atoms with E-state index in [9.17, 15) is 14.7 Å². The molecule has 4 nitrogen and oxygen atoms in total. The number of rotatable bonds is 3. The number of hydrogen-bond donors (Lipinski definition) is 1. The molecule has 2 aliphatic carbocycles. The summed E-state index contributed by atoms with van der Waals surface area (Å²) in [5.74, 6) is -2.68. The number of aliphatic carboxylic acids is 1. The highest BCUT2D eigenvalue weighted by atomic mass is 16.4. The molecule has 1 fully saturated rings. The fraction of sp³-hybridized carbons (Fsp3) is 0.263. The highest BCUT2D eigenvalue weighted by Gasteiger charge is 2.48. The fourth-order valence-corrected chi connectivity index (χ4v) is 3.99. The van der Waals surface area contributed by atoms with E-state index in [4.69, 9.17) is 0 Å². The van der Waals surface area contributed by atoms with E-state index in [-0.39, 0.29) is 17.7 Å². The van der Waals surface area contributed by atoms with E-state index in [1.165, 1.54) is 0 Å². The molecule has 1 saturated carbocycles. The Kier molecular flexibility index (Phi) is 3.18. The molecule has 0 saturated heterocycles. The Morgan fingerprint density at radius 3 is 2.39 bits per heavy atom. The maximum absolute atomic E-state index is 12.6. The SMILES string of the molecule is O=C([O-])[C@@H]1[C@H](C(=O)Nc2ccc3ccccc3c2)[C@@H]2C=C[C@H]1C2. The van der Waals surface area contributed by atoms with Crippen LogP contribution in [0.1, 0.15) is 6.42 Å². The molecule has 2 bridgehead atoms. The van der Waals surface area contributed by atoms with Crippen LogP contribution in [0.25, 0.3) is 10.8 Å². The van der Waals surface area contributed by atoms with Crippen LogP contribution in [0.15, 0.2) is 54.6 Å². The molecule has 2 aromatic carbocycles. The van der Waals surface area contributed by atoms with Gasteiger partial charge in [-0.15, -0.1) is 0 Å². The van der Waals surface area contributed by atoms with Gasteiger partial charge >= 0.3 is 0 Å². The Morgan fingerprint density at radius 1 is 0.957 bits per heavy atom. The van der Waals surface area contributed by atoms with Gasteiger partial charge in [-0.25, -0.2) is 0 Å². The van der Waals surface area contributed by atoms with Crippen LogP contribution in [-0.4, -0.2) is 11.9 Å². The zero-order chi connectivity index (χ0) is 16.0. The van der Waals surface area contributed by atoms with E-state index in [2.05, 4.69) is 5.32 Å². The highest BCUT2D eigenvalue weighted by molar-refractivity contribution is 5.98. The molecule has 1 amide bonds. The summed E-state index contributed by atoms with van der Waals surface area (Å²) in [6, 6.07) is 13.6. The largest absolute Gasteiger partial charge is 0.550 e. The van der Waals surface area contributed by atoms with Crippen molar-refractivity contribution < 1.29 is 14.7 Å². The van der Waals surface area contributed by atoms with Crippen LogP contribution in [0.3, 0.4) is 0 Å². The molecule has 4 atom stereocenters. The third kappa shape index (κ3) is 2.31. The summed E-state index contributed by atoms with van der Waals surface area (Å²) in [7, 11) is 0. The van der Waals surface area contributed by atoms with Gasteiger partial charge in [0.1, 0.15) is 0 Å². The van der Waals surface area contributed by atoms with Gasteiger partial charge in [0.2, 0.25) is 5.91 Å². The first-order valence-corrected chi connectivity index (χ1v) is 7.82. The standard InChI is InChI=1S/C19H17NO3/c21-18(16-13-5-6-14(9-13)17(16)19(22)23)20-15-8-7-11-3-1-2-4-12(11)10-15/h1-8,10,13-14,16-17H,9H2,(H,20,21)(H,22,23)/p-1/t13-,14+,16-,17+/m1/s1. The lowest BCUT2D eigenvalue weighted by Crippen LogP contribution is -2.42. The predicted octanol–water partition coefficient (Wildman–Crippen LogP) is 1.97. The maximum atomic E-state index is 12.6. The number of hydrogen-bond acceptors (Lipinski definition) is 3. The van der Waals surface area contributed by atoms with Crippen LogP contribution in [-0.2, 0) is 9.59 Å². The molecule has 116 valence electrons. The lowest BCUT2D eigenvalue weighted by Gasteiger charge is -2.27. The summed E-state index contributed by atoms with van der Waals surface area (Å²) in [5.41, 5.74) is 0.692. The van der Waals surface area contributed by atoms with Crippen molar-refractivity contribution in [2.75, 3.05) is 5.32 Å². The summed E-state index contributed by atoms with van der Waals surface area (Å²) < 4.78 is 0. The molecule has 23 heavy (non-hydrogen) atoms. The number of carbonyl (C=O) groups excluding carboxylic acids is 2. The monoisotopic (exact) mass is 306 g/mol. The van der Waals surface area contributed by atoms with E-state index in [0.717, 1.165) is 17.2 Å². The van der Waals surface area contributed by atoms with Crippen molar-refractivity contribution >= 4 is 28.3 Å². The topological polar surface area (TPSA) is 69.2 Å². The summed E-state index contributed by atoms with van der Waals surface area (Å²) in [6.45, 7) is 0. The number of carbonyl (C=O) groups is 2. The van der Waals surface area contributed by atoms with Gasteiger partial charge in [-0.05, 0) is 41.2 Å². The van der Waals surface area contributed by atoms with E-state index in [1.54, 1.807) is 0 Å². The fourth-order valence-electron chi connectivity index (χ4n) is 3.99. The molecule has 0 radical (unpaired) electrons. The highest BCUT2D eigenvalue weighted by Crippen LogP contribution is 2.48. The first kappa shape index (κ1) is 14.0. The van der Waals surface area contributed by atoms with Crippen LogP contribution in [0.2, 0.25) is 0 Å². The summed E-state index contributed by atoms with van der Waals surface area (Å²) in [4.78, 5) is 24.0. The van der Waals surface area contributed by atoms with Crippen molar-refractivity contribution in [1.82, 2.24) is 0 Å².